The van der Waals surface area contributed by atoms with Crippen LogP contribution in [0.25, 0.3) is 10.7 Å². The zero-order valence-electron chi connectivity index (χ0n) is 13.9. The Kier molecular flexibility index (Phi) is 5.27. The number of carboxylic acid groups (broad SMARTS) is 1. The summed E-state index contributed by atoms with van der Waals surface area (Å²) in [5.74, 6) is 0.499. The standard InChI is InChI=1S/C16H22N4O3S/c1-11(16-17-15(18-23-16)13-4-3-9-24-13)20-7-5-12(6-8-20)19(2)10-14(21)22/h3-4,9,11-12H,5-8,10H2,1-2H3,(H,21,22). The van der Waals surface area contributed by atoms with Gasteiger partial charge in [0.2, 0.25) is 11.7 Å². The number of rotatable bonds is 6. The number of carbonyl (C=O) groups is 1. The normalized spacial score (nSPS) is 18.1. The average molecular weight is 350 g/mol. The monoisotopic (exact) mass is 350 g/mol. The first-order valence-corrected chi connectivity index (χ1v) is 8.96. The molecular formula is C16H22N4O3S. The van der Waals surface area contributed by atoms with Gasteiger partial charge in [0.15, 0.2) is 0 Å². The Morgan fingerprint density at radius 3 is 2.92 bits per heavy atom. The number of likely N-dealkylation sites (N-methyl/N-ethyl adjacent to an activating group) is 1. The molecule has 0 aromatic carbocycles. The second-order valence-electron chi connectivity index (χ2n) is 6.19. The van der Waals surface area contributed by atoms with Crippen LogP contribution in [0.1, 0.15) is 31.7 Å². The molecule has 3 heterocycles. The number of thiophene rings is 1. The van der Waals surface area contributed by atoms with E-state index in [2.05, 4.69) is 22.0 Å². The molecule has 1 atom stereocenters. The third-order valence-corrected chi connectivity index (χ3v) is 5.46. The van der Waals surface area contributed by atoms with Crippen molar-refractivity contribution in [3.8, 4) is 10.7 Å². The quantitative estimate of drug-likeness (QED) is 0.856. The van der Waals surface area contributed by atoms with Crippen LogP contribution in [0.15, 0.2) is 22.0 Å². The molecule has 2 aromatic heterocycles. The Morgan fingerprint density at radius 1 is 1.54 bits per heavy atom. The van der Waals surface area contributed by atoms with Crippen LogP contribution < -0.4 is 0 Å². The number of hydrogen-bond donors (Lipinski definition) is 1. The van der Waals surface area contributed by atoms with Crippen LogP contribution in [0.3, 0.4) is 0 Å². The molecule has 1 aliphatic heterocycles. The van der Waals surface area contributed by atoms with Gasteiger partial charge in [0.25, 0.3) is 0 Å². The number of aromatic nitrogens is 2. The first-order chi connectivity index (χ1) is 11.5. The average Bonchev–Trinajstić information content (AvgIpc) is 3.24. The van der Waals surface area contributed by atoms with Gasteiger partial charge in [-0.05, 0) is 38.3 Å². The van der Waals surface area contributed by atoms with Gasteiger partial charge in [-0.25, -0.2) is 0 Å². The van der Waals surface area contributed by atoms with Gasteiger partial charge in [-0.2, -0.15) is 4.98 Å². The lowest BCUT2D eigenvalue weighted by Gasteiger charge is -2.37. The van der Waals surface area contributed by atoms with Crippen molar-refractivity contribution in [2.75, 3.05) is 26.7 Å². The number of carboxylic acids is 1. The highest BCUT2D eigenvalue weighted by Crippen LogP contribution is 2.27. The molecule has 1 aliphatic rings. The molecule has 1 saturated heterocycles. The van der Waals surface area contributed by atoms with E-state index in [-0.39, 0.29) is 12.6 Å². The molecule has 1 unspecified atom stereocenters. The zero-order chi connectivity index (χ0) is 17.1. The molecular weight excluding hydrogens is 328 g/mol. The van der Waals surface area contributed by atoms with E-state index in [4.69, 9.17) is 9.63 Å². The minimum atomic E-state index is -0.778. The van der Waals surface area contributed by atoms with Crippen molar-refractivity contribution in [2.24, 2.45) is 0 Å². The lowest BCUT2D eigenvalue weighted by atomic mass is 10.0. The molecule has 3 rings (SSSR count). The van der Waals surface area contributed by atoms with E-state index < -0.39 is 5.97 Å². The van der Waals surface area contributed by atoms with Gasteiger partial charge in [0.05, 0.1) is 17.5 Å². The van der Waals surface area contributed by atoms with Crippen LogP contribution in [0, 0.1) is 0 Å². The second-order valence-corrected chi connectivity index (χ2v) is 7.13. The van der Waals surface area contributed by atoms with Crippen molar-refractivity contribution in [1.29, 1.82) is 0 Å². The van der Waals surface area contributed by atoms with Crippen LogP contribution in [-0.4, -0.2) is 63.7 Å². The summed E-state index contributed by atoms with van der Waals surface area (Å²) in [6.07, 6.45) is 1.89. The fourth-order valence-electron chi connectivity index (χ4n) is 3.12. The Morgan fingerprint density at radius 2 is 2.29 bits per heavy atom. The second kappa shape index (κ2) is 7.42. The SMILES string of the molecule is CC(c1nc(-c2cccs2)no1)N1CCC(N(C)CC(=O)O)CC1. The fraction of sp³-hybridized carbons (Fsp3) is 0.562. The summed E-state index contributed by atoms with van der Waals surface area (Å²) in [5.41, 5.74) is 0. The third kappa shape index (κ3) is 3.82. The first kappa shape index (κ1) is 17.1. The summed E-state index contributed by atoms with van der Waals surface area (Å²) >= 11 is 1.59. The fourth-order valence-corrected chi connectivity index (χ4v) is 3.77. The predicted molar refractivity (Wildman–Crippen MR) is 90.9 cm³/mol. The molecule has 0 amide bonds. The van der Waals surface area contributed by atoms with Gasteiger partial charge in [0, 0.05) is 19.1 Å². The van der Waals surface area contributed by atoms with E-state index in [0.717, 1.165) is 30.8 Å². The number of piperidine rings is 1. The van der Waals surface area contributed by atoms with Crippen LogP contribution in [-0.2, 0) is 4.79 Å². The van der Waals surface area contributed by atoms with Crippen molar-refractivity contribution in [3.63, 3.8) is 0 Å². The van der Waals surface area contributed by atoms with Crippen molar-refractivity contribution in [1.82, 2.24) is 19.9 Å². The Labute approximate surface area is 144 Å². The first-order valence-electron chi connectivity index (χ1n) is 8.08. The van der Waals surface area contributed by atoms with Gasteiger partial charge in [0.1, 0.15) is 0 Å². The largest absolute Gasteiger partial charge is 0.480 e. The Balaban J connectivity index is 1.57. The van der Waals surface area contributed by atoms with Crippen LogP contribution in [0.4, 0.5) is 0 Å². The highest BCUT2D eigenvalue weighted by atomic mass is 32.1. The van der Waals surface area contributed by atoms with E-state index in [1.165, 1.54) is 0 Å². The molecule has 0 aliphatic carbocycles. The third-order valence-electron chi connectivity index (χ3n) is 4.60. The summed E-state index contributed by atoms with van der Waals surface area (Å²) in [6, 6.07) is 4.33. The number of nitrogens with zero attached hydrogens (tertiary/aromatic N) is 4. The smallest absolute Gasteiger partial charge is 0.317 e. The maximum absolute atomic E-state index is 10.8. The summed E-state index contributed by atoms with van der Waals surface area (Å²) in [5, 5.41) is 15.0. The number of hydrogen-bond acceptors (Lipinski definition) is 7. The maximum Gasteiger partial charge on any atom is 0.317 e. The lowest BCUT2D eigenvalue weighted by molar-refractivity contribution is -0.138. The molecule has 1 N–H and O–H groups in total. The minimum absolute atomic E-state index is 0.0666. The van der Waals surface area contributed by atoms with E-state index >= 15 is 0 Å². The van der Waals surface area contributed by atoms with E-state index in [9.17, 15) is 4.79 Å². The number of aliphatic carboxylic acids is 1. The predicted octanol–water partition coefficient (Wildman–Crippen LogP) is 2.34. The van der Waals surface area contributed by atoms with Gasteiger partial charge < -0.3 is 9.63 Å². The molecule has 130 valence electrons. The molecule has 0 spiro atoms. The van der Waals surface area contributed by atoms with Crippen LogP contribution >= 0.6 is 11.3 Å². The highest BCUT2D eigenvalue weighted by Gasteiger charge is 2.29. The molecule has 7 nitrogen and oxygen atoms in total. The molecule has 2 aromatic rings. The lowest BCUT2D eigenvalue weighted by Crippen LogP contribution is -2.45. The Bertz CT molecular complexity index is 665. The van der Waals surface area contributed by atoms with Crippen molar-refractivity contribution >= 4 is 17.3 Å². The van der Waals surface area contributed by atoms with E-state index in [1.54, 1.807) is 11.3 Å². The molecule has 1 fully saturated rings. The summed E-state index contributed by atoms with van der Waals surface area (Å²) in [6.45, 7) is 3.96. The van der Waals surface area contributed by atoms with Crippen LogP contribution in [0.5, 0.6) is 0 Å². The van der Waals surface area contributed by atoms with Crippen molar-refractivity contribution in [3.05, 3.63) is 23.4 Å². The van der Waals surface area contributed by atoms with Gasteiger partial charge in [-0.15, -0.1) is 11.3 Å². The molecule has 0 bridgehead atoms. The summed E-state index contributed by atoms with van der Waals surface area (Å²) in [7, 11) is 1.88. The Hall–Kier alpha value is -1.77. The van der Waals surface area contributed by atoms with Crippen molar-refractivity contribution in [2.45, 2.75) is 31.8 Å². The number of likely N-dealkylation sites (tertiary alicyclic amines) is 1. The molecule has 8 heteroatoms. The van der Waals surface area contributed by atoms with Crippen LogP contribution in [0.2, 0.25) is 0 Å². The zero-order valence-corrected chi connectivity index (χ0v) is 14.7. The highest BCUT2D eigenvalue weighted by molar-refractivity contribution is 7.13. The van der Waals surface area contributed by atoms with Gasteiger partial charge >= 0.3 is 5.97 Å². The molecule has 0 saturated carbocycles. The summed E-state index contributed by atoms with van der Waals surface area (Å²) < 4.78 is 5.45. The molecule has 0 radical (unpaired) electrons. The molecule has 24 heavy (non-hydrogen) atoms. The van der Waals surface area contributed by atoms with Gasteiger partial charge in [-0.3, -0.25) is 14.6 Å². The summed E-state index contributed by atoms with van der Waals surface area (Å²) in [4.78, 5) is 20.6. The van der Waals surface area contributed by atoms with E-state index in [1.807, 2.05) is 29.5 Å². The van der Waals surface area contributed by atoms with Crippen molar-refractivity contribution < 1.29 is 14.4 Å². The van der Waals surface area contributed by atoms with E-state index in [0.29, 0.717) is 17.8 Å². The topological polar surface area (TPSA) is 82.7 Å². The maximum atomic E-state index is 10.8. The van der Waals surface area contributed by atoms with Gasteiger partial charge in [-0.1, -0.05) is 11.2 Å². The minimum Gasteiger partial charge on any atom is -0.480 e.